The molecular weight excluding hydrogens is 387 g/mol. The van der Waals surface area contributed by atoms with Gasteiger partial charge in [-0.2, -0.15) is 0 Å². The zero-order valence-electron chi connectivity index (χ0n) is 14.4. The Bertz CT molecular complexity index is 595. The Labute approximate surface area is 164 Å². The van der Waals surface area contributed by atoms with E-state index in [9.17, 15) is 13.6 Å². The molecule has 26 heavy (non-hydrogen) atoms. The van der Waals surface area contributed by atoms with Crippen LogP contribution < -0.4 is 10.6 Å². The van der Waals surface area contributed by atoms with Gasteiger partial charge in [-0.05, 0) is 30.9 Å². The molecule has 1 atom stereocenters. The lowest BCUT2D eigenvalue weighted by Gasteiger charge is -2.38. The van der Waals surface area contributed by atoms with Crippen LogP contribution in [-0.2, 0) is 9.53 Å². The summed E-state index contributed by atoms with van der Waals surface area (Å²) < 4.78 is 32.5. The molecule has 0 aromatic heterocycles. The predicted octanol–water partition coefficient (Wildman–Crippen LogP) is 2.21. The molecule has 1 aromatic rings. The molecule has 0 bridgehead atoms. The average molecular weight is 412 g/mol. The molecule has 0 radical (unpaired) electrons. The molecule has 2 N–H and O–H groups in total. The number of hydrogen-bond acceptors (Lipinski definition) is 4. The van der Waals surface area contributed by atoms with Crippen LogP contribution in [0.2, 0.25) is 0 Å². The van der Waals surface area contributed by atoms with Crippen LogP contribution in [0.25, 0.3) is 0 Å². The number of hydrogen-bond donors (Lipinski definition) is 1. The summed E-state index contributed by atoms with van der Waals surface area (Å²) in [4.78, 5) is 16.1. The van der Waals surface area contributed by atoms with Crippen molar-refractivity contribution in [3.05, 3.63) is 29.8 Å². The van der Waals surface area contributed by atoms with Crippen molar-refractivity contribution >= 4 is 36.4 Å². The summed E-state index contributed by atoms with van der Waals surface area (Å²) in [5.41, 5.74) is 6.39. The largest absolute Gasteiger partial charge is 0.381 e. The van der Waals surface area contributed by atoms with E-state index < -0.39 is 17.7 Å². The van der Waals surface area contributed by atoms with Gasteiger partial charge in [-0.25, -0.2) is 8.78 Å². The van der Waals surface area contributed by atoms with Crippen molar-refractivity contribution in [1.82, 2.24) is 4.90 Å². The summed E-state index contributed by atoms with van der Waals surface area (Å²) in [6.07, 6.45) is 1.61. The first kappa shape index (κ1) is 22.9. The van der Waals surface area contributed by atoms with Gasteiger partial charge in [0.15, 0.2) is 0 Å². The van der Waals surface area contributed by atoms with Gasteiger partial charge >= 0.3 is 0 Å². The number of amides is 1. The van der Waals surface area contributed by atoms with Gasteiger partial charge in [-0.3, -0.25) is 4.79 Å². The van der Waals surface area contributed by atoms with Gasteiger partial charge in [0.2, 0.25) is 5.91 Å². The highest BCUT2D eigenvalue weighted by Crippen LogP contribution is 2.23. The molecule has 5 nitrogen and oxygen atoms in total. The van der Waals surface area contributed by atoms with Crippen molar-refractivity contribution in [3.63, 3.8) is 0 Å². The number of rotatable bonds is 3. The SMILES string of the molecule is Cl.Cl.NC(C(=O)N1CCN(c2cc(F)ccc2F)CC1)C1CCOCC1. The van der Waals surface area contributed by atoms with Gasteiger partial charge in [0.25, 0.3) is 0 Å². The summed E-state index contributed by atoms with van der Waals surface area (Å²) in [5, 5.41) is 0. The monoisotopic (exact) mass is 411 g/mol. The van der Waals surface area contributed by atoms with Crippen molar-refractivity contribution in [3.8, 4) is 0 Å². The summed E-state index contributed by atoms with van der Waals surface area (Å²) in [5.74, 6) is -0.812. The highest BCUT2D eigenvalue weighted by molar-refractivity contribution is 5.85. The number of nitrogens with two attached hydrogens (primary N) is 1. The number of carbonyl (C=O) groups is 1. The second-order valence-electron chi connectivity index (χ2n) is 6.38. The first-order valence-electron chi connectivity index (χ1n) is 8.38. The maximum atomic E-state index is 13.9. The minimum Gasteiger partial charge on any atom is -0.381 e. The summed E-state index contributed by atoms with van der Waals surface area (Å²) in [7, 11) is 0. The van der Waals surface area contributed by atoms with Crippen molar-refractivity contribution in [2.24, 2.45) is 11.7 Å². The number of halogens is 4. The Balaban J connectivity index is 0.00000169. The lowest BCUT2D eigenvalue weighted by molar-refractivity contribution is -0.135. The van der Waals surface area contributed by atoms with Crippen LogP contribution in [0.1, 0.15) is 12.8 Å². The van der Waals surface area contributed by atoms with Crippen LogP contribution in [0, 0.1) is 17.6 Å². The second kappa shape index (κ2) is 10.3. The molecule has 1 aromatic carbocycles. The van der Waals surface area contributed by atoms with E-state index in [-0.39, 0.29) is 42.3 Å². The Morgan fingerprint density at radius 2 is 1.73 bits per heavy atom. The van der Waals surface area contributed by atoms with Gasteiger partial charge in [0.1, 0.15) is 11.6 Å². The zero-order valence-corrected chi connectivity index (χ0v) is 16.0. The fraction of sp³-hybridized carbons (Fsp3) is 0.588. The Morgan fingerprint density at radius 1 is 1.12 bits per heavy atom. The van der Waals surface area contributed by atoms with Crippen molar-refractivity contribution in [2.75, 3.05) is 44.3 Å². The summed E-state index contributed by atoms with van der Waals surface area (Å²) in [6.45, 7) is 3.16. The van der Waals surface area contributed by atoms with E-state index in [4.69, 9.17) is 10.5 Å². The van der Waals surface area contributed by atoms with Crippen LogP contribution >= 0.6 is 24.8 Å². The number of ether oxygens (including phenoxy) is 1. The first-order chi connectivity index (χ1) is 11.6. The van der Waals surface area contributed by atoms with Crippen LogP contribution in [0.3, 0.4) is 0 Å². The Hall–Kier alpha value is -1.15. The number of nitrogens with zero attached hydrogens (tertiary/aromatic N) is 2. The quantitative estimate of drug-likeness (QED) is 0.827. The molecule has 0 saturated carbocycles. The summed E-state index contributed by atoms with van der Waals surface area (Å²) in [6, 6.07) is 2.92. The van der Waals surface area contributed by atoms with Gasteiger partial charge < -0.3 is 20.3 Å². The lowest BCUT2D eigenvalue weighted by Crippen LogP contribution is -2.55. The molecule has 148 valence electrons. The second-order valence-corrected chi connectivity index (χ2v) is 6.38. The van der Waals surface area contributed by atoms with Crippen LogP contribution in [0.15, 0.2) is 18.2 Å². The third-order valence-corrected chi connectivity index (χ3v) is 4.90. The molecule has 2 fully saturated rings. The van der Waals surface area contributed by atoms with E-state index in [0.717, 1.165) is 25.0 Å². The molecule has 9 heteroatoms. The number of carbonyl (C=O) groups excluding carboxylic acids is 1. The minimum absolute atomic E-state index is 0. The smallest absolute Gasteiger partial charge is 0.239 e. The van der Waals surface area contributed by atoms with E-state index in [2.05, 4.69) is 0 Å². The maximum absolute atomic E-state index is 13.9. The molecule has 2 aliphatic heterocycles. The maximum Gasteiger partial charge on any atom is 0.239 e. The highest BCUT2D eigenvalue weighted by Gasteiger charge is 2.31. The molecule has 2 aliphatic rings. The van der Waals surface area contributed by atoms with Crippen LogP contribution in [0.4, 0.5) is 14.5 Å². The fourth-order valence-electron chi connectivity index (χ4n) is 3.38. The van der Waals surface area contributed by atoms with Gasteiger partial charge in [0.05, 0.1) is 11.7 Å². The average Bonchev–Trinajstić information content (AvgIpc) is 2.63. The van der Waals surface area contributed by atoms with E-state index in [1.165, 1.54) is 6.07 Å². The van der Waals surface area contributed by atoms with Crippen molar-refractivity contribution in [2.45, 2.75) is 18.9 Å². The first-order valence-corrected chi connectivity index (χ1v) is 8.38. The van der Waals surface area contributed by atoms with E-state index in [1.807, 2.05) is 0 Å². The third kappa shape index (κ3) is 5.19. The molecule has 3 rings (SSSR count). The molecule has 2 saturated heterocycles. The van der Waals surface area contributed by atoms with E-state index in [0.29, 0.717) is 39.4 Å². The highest BCUT2D eigenvalue weighted by atomic mass is 35.5. The van der Waals surface area contributed by atoms with Crippen molar-refractivity contribution in [1.29, 1.82) is 0 Å². The zero-order chi connectivity index (χ0) is 17.1. The van der Waals surface area contributed by atoms with Gasteiger partial charge in [-0.1, -0.05) is 0 Å². The van der Waals surface area contributed by atoms with Crippen LogP contribution in [0.5, 0.6) is 0 Å². The molecule has 0 aliphatic carbocycles. The number of anilines is 1. The topological polar surface area (TPSA) is 58.8 Å². The minimum atomic E-state index is -0.508. The Morgan fingerprint density at radius 3 is 2.35 bits per heavy atom. The Kier molecular flexibility index (Phi) is 9.03. The molecule has 1 amide bonds. The number of benzene rings is 1. The predicted molar refractivity (Wildman–Crippen MR) is 101 cm³/mol. The molecular formula is C17H25Cl2F2N3O2. The molecule has 2 heterocycles. The van der Waals surface area contributed by atoms with E-state index in [1.54, 1.807) is 9.80 Å². The fourth-order valence-corrected chi connectivity index (χ4v) is 3.38. The van der Waals surface area contributed by atoms with E-state index >= 15 is 0 Å². The molecule has 1 unspecified atom stereocenters. The summed E-state index contributed by atoms with van der Waals surface area (Å²) >= 11 is 0. The normalized spacial score (nSPS) is 19.3. The third-order valence-electron chi connectivity index (χ3n) is 4.90. The van der Waals surface area contributed by atoms with Gasteiger partial charge in [0, 0.05) is 45.5 Å². The van der Waals surface area contributed by atoms with Gasteiger partial charge in [-0.15, -0.1) is 24.8 Å². The number of piperazine rings is 1. The van der Waals surface area contributed by atoms with Crippen LogP contribution in [-0.4, -0.2) is 56.2 Å². The standard InChI is InChI=1S/C17H23F2N3O2.2ClH/c18-13-1-2-14(19)15(11-13)21-5-7-22(8-6-21)17(23)16(20)12-3-9-24-10-4-12;;/h1-2,11-12,16H,3-10,20H2;2*1H. The van der Waals surface area contributed by atoms with Crippen molar-refractivity contribution < 1.29 is 18.3 Å². The lowest BCUT2D eigenvalue weighted by atomic mass is 9.91. The molecule has 0 spiro atoms.